The lowest BCUT2D eigenvalue weighted by molar-refractivity contribution is -0.170. The molecule has 0 unspecified atom stereocenters. The van der Waals surface area contributed by atoms with Gasteiger partial charge in [-0.1, -0.05) is 84.0 Å². The minimum Gasteiger partial charge on any atom is -0.480 e. The number of ether oxygens (including phenoxy) is 2. The summed E-state index contributed by atoms with van der Waals surface area (Å²) >= 11 is 0. The van der Waals surface area contributed by atoms with Crippen molar-refractivity contribution in [1.82, 2.24) is 0 Å². The molecule has 0 aromatic carbocycles. The minimum absolute atomic E-state index is 0.397. The Bertz CT molecular complexity index is 369. The molecule has 160 valence electrons. The van der Waals surface area contributed by atoms with Gasteiger partial charge in [-0.05, 0) is 12.8 Å². The molecule has 1 fully saturated rings. The summed E-state index contributed by atoms with van der Waals surface area (Å²) in [5, 5.41) is 8.93. The van der Waals surface area contributed by atoms with Crippen molar-refractivity contribution >= 4 is 5.97 Å². The first-order valence-corrected chi connectivity index (χ1v) is 11.4. The molecule has 1 aliphatic rings. The van der Waals surface area contributed by atoms with Crippen LogP contribution in [0, 0.1) is 0 Å². The lowest BCUT2D eigenvalue weighted by Crippen LogP contribution is -2.36. The van der Waals surface area contributed by atoms with Crippen LogP contribution in [0.15, 0.2) is 0 Å². The molecular weight excluding hydrogens is 342 g/mol. The third kappa shape index (κ3) is 11.7. The van der Waals surface area contributed by atoms with E-state index in [1.54, 1.807) is 0 Å². The molecule has 3 N–H and O–H groups in total. The van der Waals surface area contributed by atoms with Crippen LogP contribution in [0.3, 0.4) is 0 Å². The van der Waals surface area contributed by atoms with Crippen LogP contribution in [0.5, 0.6) is 0 Å². The molecule has 5 nitrogen and oxygen atoms in total. The molecule has 0 aromatic heterocycles. The standard InChI is InChI=1S/C22H43NO4/c1-2-3-4-5-6-7-8-9-10-11-12-13-14-16-22(26-18-19-27-22)17-15-20(23)21(24)25/h20H,2-19,23H2,1H3,(H,24,25)/t20-/m0/s1. The Morgan fingerprint density at radius 3 is 1.74 bits per heavy atom. The van der Waals surface area contributed by atoms with Crippen LogP contribution in [-0.2, 0) is 14.3 Å². The summed E-state index contributed by atoms with van der Waals surface area (Å²) in [7, 11) is 0. The highest BCUT2D eigenvalue weighted by Crippen LogP contribution is 2.31. The van der Waals surface area contributed by atoms with Gasteiger partial charge < -0.3 is 20.3 Å². The number of carboxylic acid groups (broad SMARTS) is 1. The van der Waals surface area contributed by atoms with Gasteiger partial charge >= 0.3 is 5.97 Å². The summed E-state index contributed by atoms with van der Waals surface area (Å²) in [6.07, 6.45) is 19.1. The molecule has 1 saturated heterocycles. The maximum atomic E-state index is 10.9. The van der Waals surface area contributed by atoms with Crippen LogP contribution in [0.2, 0.25) is 0 Å². The van der Waals surface area contributed by atoms with Gasteiger partial charge in [0.05, 0.1) is 13.2 Å². The van der Waals surface area contributed by atoms with E-state index in [1.807, 2.05) is 0 Å². The van der Waals surface area contributed by atoms with E-state index in [4.69, 9.17) is 20.3 Å². The molecular formula is C22H43NO4. The summed E-state index contributed by atoms with van der Waals surface area (Å²) < 4.78 is 11.6. The summed E-state index contributed by atoms with van der Waals surface area (Å²) in [5.41, 5.74) is 5.62. The normalized spacial score (nSPS) is 17.3. The number of carbonyl (C=O) groups is 1. The Kier molecular flexibility index (Phi) is 13.8. The highest BCUT2D eigenvalue weighted by molar-refractivity contribution is 5.72. The molecule has 1 aliphatic heterocycles. The predicted octanol–water partition coefficient (Wildman–Crippen LogP) is 5.40. The second-order valence-corrected chi connectivity index (χ2v) is 8.08. The van der Waals surface area contributed by atoms with Gasteiger partial charge in [0, 0.05) is 12.8 Å². The molecule has 1 atom stereocenters. The largest absolute Gasteiger partial charge is 0.480 e. The number of unbranched alkanes of at least 4 members (excludes halogenated alkanes) is 12. The monoisotopic (exact) mass is 385 g/mol. The van der Waals surface area contributed by atoms with Crippen molar-refractivity contribution in [3.63, 3.8) is 0 Å². The van der Waals surface area contributed by atoms with Crippen molar-refractivity contribution in [1.29, 1.82) is 0 Å². The van der Waals surface area contributed by atoms with E-state index in [2.05, 4.69) is 6.92 Å². The van der Waals surface area contributed by atoms with E-state index in [0.717, 1.165) is 12.8 Å². The first-order chi connectivity index (χ1) is 13.1. The maximum Gasteiger partial charge on any atom is 0.320 e. The van der Waals surface area contributed by atoms with Gasteiger partial charge in [0.15, 0.2) is 5.79 Å². The number of hydrogen-bond acceptors (Lipinski definition) is 4. The predicted molar refractivity (Wildman–Crippen MR) is 110 cm³/mol. The van der Waals surface area contributed by atoms with Gasteiger partial charge in [-0.2, -0.15) is 0 Å². The average molecular weight is 386 g/mol. The Morgan fingerprint density at radius 2 is 1.30 bits per heavy atom. The Morgan fingerprint density at radius 1 is 0.852 bits per heavy atom. The van der Waals surface area contributed by atoms with E-state index >= 15 is 0 Å². The molecule has 0 bridgehead atoms. The highest BCUT2D eigenvalue weighted by Gasteiger charge is 2.36. The molecule has 0 aliphatic carbocycles. The van der Waals surface area contributed by atoms with Crippen LogP contribution < -0.4 is 5.73 Å². The number of nitrogens with two attached hydrogens (primary N) is 1. The topological polar surface area (TPSA) is 81.8 Å². The van der Waals surface area contributed by atoms with Gasteiger partial charge in [-0.15, -0.1) is 0 Å². The van der Waals surface area contributed by atoms with Crippen molar-refractivity contribution in [3.05, 3.63) is 0 Å². The van der Waals surface area contributed by atoms with Gasteiger partial charge in [-0.25, -0.2) is 0 Å². The van der Waals surface area contributed by atoms with E-state index < -0.39 is 17.8 Å². The molecule has 0 amide bonds. The molecule has 0 radical (unpaired) electrons. The summed E-state index contributed by atoms with van der Waals surface area (Å²) in [5.74, 6) is -1.55. The second-order valence-electron chi connectivity index (χ2n) is 8.08. The van der Waals surface area contributed by atoms with E-state index in [1.165, 1.54) is 77.0 Å². The van der Waals surface area contributed by atoms with Crippen LogP contribution >= 0.6 is 0 Å². The molecule has 0 spiro atoms. The fourth-order valence-corrected chi connectivity index (χ4v) is 3.82. The summed E-state index contributed by atoms with van der Waals surface area (Å²) in [6.45, 7) is 3.46. The van der Waals surface area contributed by atoms with Crippen LogP contribution in [-0.4, -0.2) is 36.1 Å². The molecule has 1 heterocycles. The average Bonchev–Trinajstić information content (AvgIpc) is 3.12. The lowest BCUT2D eigenvalue weighted by Gasteiger charge is -2.28. The fourth-order valence-electron chi connectivity index (χ4n) is 3.82. The Labute approximate surface area is 166 Å². The fraction of sp³-hybridized carbons (Fsp3) is 0.955. The van der Waals surface area contributed by atoms with Crippen LogP contribution in [0.1, 0.15) is 110 Å². The number of hydrogen-bond donors (Lipinski definition) is 2. The third-order valence-electron chi connectivity index (χ3n) is 5.63. The van der Waals surface area contributed by atoms with Crippen molar-refractivity contribution < 1.29 is 19.4 Å². The summed E-state index contributed by atoms with van der Waals surface area (Å²) in [6, 6.07) is -0.832. The highest BCUT2D eigenvalue weighted by atomic mass is 16.7. The van der Waals surface area contributed by atoms with Crippen LogP contribution in [0.4, 0.5) is 0 Å². The minimum atomic E-state index is -0.955. The van der Waals surface area contributed by atoms with Crippen molar-refractivity contribution in [2.75, 3.05) is 13.2 Å². The zero-order chi connectivity index (χ0) is 19.8. The van der Waals surface area contributed by atoms with E-state index in [-0.39, 0.29) is 0 Å². The molecule has 27 heavy (non-hydrogen) atoms. The maximum absolute atomic E-state index is 10.9. The second kappa shape index (κ2) is 15.3. The number of rotatable bonds is 18. The first-order valence-electron chi connectivity index (χ1n) is 11.4. The molecule has 0 aromatic rings. The van der Waals surface area contributed by atoms with Gasteiger partial charge in [0.1, 0.15) is 6.04 Å². The quantitative estimate of drug-likeness (QED) is 0.309. The Hall–Kier alpha value is -0.650. The lowest BCUT2D eigenvalue weighted by atomic mass is 9.98. The third-order valence-corrected chi connectivity index (χ3v) is 5.63. The zero-order valence-electron chi connectivity index (χ0n) is 17.6. The molecule has 5 heteroatoms. The Balaban J connectivity index is 1.98. The van der Waals surface area contributed by atoms with Gasteiger partial charge in [-0.3, -0.25) is 4.79 Å². The van der Waals surface area contributed by atoms with Gasteiger partial charge in [0.2, 0.25) is 0 Å². The summed E-state index contributed by atoms with van der Waals surface area (Å²) in [4.78, 5) is 10.9. The van der Waals surface area contributed by atoms with E-state index in [9.17, 15) is 4.79 Å². The van der Waals surface area contributed by atoms with E-state index in [0.29, 0.717) is 26.1 Å². The number of carboxylic acids is 1. The molecule has 0 saturated carbocycles. The van der Waals surface area contributed by atoms with Gasteiger partial charge in [0.25, 0.3) is 0 Å². The molecule has 1 rings (SSSR count). The van der Waals surface area contributed by atoms with Crippen molar-refractivity contribution in [3.8, 4) is 0 Å². The number of aliphatic carboxylic acids is 1. The van der Waals surface area contributed by atoms with Crippen LogP contribution in [0.25, 0.3) is 0 Å². The smallest absolute Gasteiger partial charge is 0.320 e. The first kappa shape index (κ1) is 24.4. The SMILES string of the molecule is CCCCCCCCCCCCCCCC1(CC[C@H](N)C(=O)O)OCCO1. The van der Waals surface area contributed by atoms with Crippen molar-refractivity contribution in [2.24, 2.45) is 5.73 Å². The van der Waals surface area contributed by atoms with Crippen molar-refractivity contribution in [2.45, 2.75) is 121 Å². The zero-order valence-corrected chi connectivity index (χ0v) is 17.6.